The first kappa shape index (κ1) is 17.2. The highest BCUT2D eigenvalue weighted by Crippen LogP contribution is 2.20. The van der Waals surface area contributed by atoms with Crippen LogP contribution >= 0.6 is 0 Å². The lowest BCUT2D eigenvalue weighted by Gasteiger charge is -2.16. The van der Waals surface area contributed by atoms with Crippen LogP contribution in [0, 0.1) is 0 Å². The number of rotatable bonds is 7. The van der Waals surface area contributed by atoms with Gasteiger partial charge >= 0.3 is 6.03 Å². The number of hydrogen-bond acceptors (Lipinski definition) is 3. The fraction of sp³-hybridized carbons (Fsp3) is 0.389. The van der Waals surface area contributed by atoms with Gasteiger partial charge in [-0.2, -0.15) is 0 Å². The molecule has 124 valence electrons. The Hall–Kier alpha value is -2.11. The largest absolute Gasteiger partial charge is 0.396 e. The van der Waals surface area contributed by atoms with E-state index in [1.807, 2.05) is 49.4 Å². The van der Waals surface area contributed by atoms with E-state index in [1.165, 1.54) is 0 Å². The Morgan fingerprint density at radius 1 is 1.17 bits per heavy atom. The Labute approximate surface area is 136 Å². The first-order chi connectivity index (χ1) is 11.1. The molecule has 0 aliphatic carbocycles. The van der Waals surface area contributed by atoms with Crippen LogP contribution in [-0.2, 0) is 0 Å². The first-order valence-electron chi connectivity index (χ1n) is 7.92. The van der Waals surface area contributed by atoms with Gasteiger partial charge in [0.05, 0.1) is 6.10 Å². The first-order valence-corrected chi connectivity index (χ1v) is 7.92. The van der Waals surface area contributed by atoms with Crippen LogP contribution in [0.25, 0.3) is 10.8 Å². The molecule has 0 saturated carbocycles. The Bertz CT molecular complexity index is 645. The minimum Gasteiger partial charge on any atom is -0.396 e. The number of amides is 2. The van der Waals surface area contributed by atoms with E-state index in [9.17, 15) is 9.90 Å². The molecule has 2 rings (SSSR count). The van der Waals surface area contributed by atoms with Gasteiger partial charge in [-0.1, -0.05) is 36.4 Å². The third-order valence-electron chi connectivity index (χ3n) is 3.79. The van der Waals surface area contributed by atoms with Gasteiger partial charge < -0.3 is 20.8 Å². The highest BCUT2D eigenvalue weighted by molar-refractivity contribution is 5.83. The number of hydrogen-bond donors (Lipinski definition) is 4. The Morgan fingerprint density at radius 2 is 1.91 bits per heavy atom. The zero-order chi connectivity index (χ0) is 16.7. The molecule has 0 spiro atoms. The van der Waals surface area contributed by atoms with Gasteiger partial charge in [-0.3, -0.25) is 0 Å². The van der Waals surface area contributed by atoms with Crippen molar-refractivity contribution in [1.82, 2.24) is 10.6 Å². The standard InChI is InChI=1S/C18H24N2O3/c1-13(5-4-10-21)20-18(23)19-12-17(22)16-9-8-14-6-2-3-7-15(14)11-16/h2-3,6-9,11,13,17,21-22H,4-5,10,12H2,1H3,(H2,19,20,23). The van der Waals surface area contributed by atoms with Crippen molar-refractivity contribution >= 4 is 16.8 Å². The van der Waals surface area contributed by atoms with Gasteiger partial charge in [-0.15, -0.1) is 0 Å². The molecule has 2 aromatic rings. The number of nitrogens with one attached hydrogen (secondary N) is 2. The van der Waals surface area contributed by atoms with Crippen LogP contribution in [-0.4, -0.2) is 35.4 Å². The molecule has 2 atom stereocenters. The van der Waals surface area contributed by atoms with Crippen LogP contribution in [0.1, 0.15) is 31.4 Å². The average Bonchev–Trinajstić information content (AvgIpc) is 2.57. The van der Waals surface area contributed by atoms with E-state index >= 15 is 0 Å². The molecule has 5 heteroatoms. The lowest BCUT2D eigenvalue weighted by atomic mass is 10.0. The zero-order valence-corrected chi connectivity index (χ0v) is 13.3. The Kier molecular flexibility index (Phi) is 6.38. The molecule has 0 saturated heterocycles. The summed E-state index contributed by atoms with van der Waals surface area (Å²) in [5.74, 6) is 0. The molecule has 0 radical (unpaired) electrons. The van der Waals surface area contributed by atoms with Crippen molar-refractivity contribution in [3.63, 3.8) is 0 Å². The average molecular weight is 316 g/mol. The summed E-state index contributed by atoms with van der Waals surface area (Å²) in [6.45, 7) is 2.15. The maximum Gasteiger partial charge on any atom is 0.315 e. The Morgan fingerprint density at radius 3 is 2.65 bits per heavy atom. The van der Waals surface area contributed by atoms with Crippen LogP contribution in [0.4, 0.5) is 4.79 Å². The van der Waals surface area contributed by atoms with Gasteiger partial charge in [0, 0.05) is 19.2 Å². The number of aliphatic hydroxyl groups is 2. The summed E-state index contributed by atoms with van der Waals surface area (Å²) in [5.41, 5.74) is 0.775. The molecule has 0 bridgehead atoms. The van der Waals surface area contributed by atoms with E-state index in [4.69, 9.17) is 5.11 Å². The summed E-state index contributed by atoms with van der Waals surface area (Å²) in [6, 6.07) is 13.4. The molecule has 2 amide bonds. The quantitative estimate of drug-likeness (QED) is 0.633. The second kappa shape index (κ2) is 8.50. The molecule has 2 unspecified atom stereocenters. The number of carbonyl (C=O) groups excluding carboxylic acids is 1. The predicted molar refractivity (Wildman–Crippen MR) is 91.2 cm³/mol. The van der Waals surface area contributed by atoms with Gasteiger partial charge in [-0.25, -0.2) is 4.79 Å². The number of fused-ring (bicyclic) bond motifs is 1. The van der Waals surface area contributed by atoms with Crippen LogP contribution in [0.5, 0.6) is 0 Å². The molecular weight excluding hydrogens is 292 g/mol. The van der Waals surface area contributed by atoms with Crippen molar-refractivity contribution in [3.05, 3.63) is 48.0 Å². The van der Waals surface area contributed by atoms with E-state index in [0.717, 1.165) is 22.8 Å². The fourth-order valence-corrected chi connectivity index (χ4v) is 2.47. The normalized spacial score (nSPS) is 13.5. The molecule has 0 aromatic heterocycles. The van der Waals surface area contributed by atoms with E-state index < -0.39 is 6.10 Å². The molecular formula is C18H24N2O3. The van der Waals surface area contributed by atoms with E-state index in [2.05, 4.69) is 10.6 Å². The smallest absolute Gasteiger partial charge is 0.315 e. The van der Waals surface area contributed by atoms with Gasteiger partial charge in [0.25, 0.3) is 0 Å². The highest BCUT2D eigenvalue weighted by atomic mass is 16.3. The lowest BCUT2D eigenvalue weighted by molar-refractivity contribution is 0.172. The van der Waals surface area contributed by atoms with Gasteiger partial charge in [0.2, 0.25) is 0 Å². The van der Waals surface area contributed by atoms with E-state index in [-0.39, 0.29) is 25.2 Å². The van der Waals surface area contributed by atoms with Crippen molar-refractivity contribution < 1.29 is 15.0 Å². The zero-order valence-electron chi connectivity index (χ0n) is 13.3. The van der Waals surface area contributed by atoms with Crippen molar-refractivity contribution in [3.8, 4) is 0 Å². The van der Waals surface area contributed by atoms with E-state index in [1.54, 1.807) is 0 Å². The number of urea groups is 1. The number of aliphatic hydroxyl groups excluding tert-OH is 2. The molecule has 0 heterocycles. The Balaban J connectivity index is 1.85. The monoisotopic (exact) mass is 316 g/mol. The van der Waals surface area contributed by atoms with Gasteiger partial charge in [0.1, 0.15) is 0 Å². The summed E-state index contributed by atoms with van der Waals surface area (Å²) in [4.78, 5) is 11.8. The third-order valence-corrected chi connectivity index (χ3v) is 3.79. The van der Waals surface area contributed by atoms with Crippen molar-refractivity contribution in [2.45, 2.75) is 31.9 Å². The van der Waals surface area contributed by atoms with Crippen LogP contribution in [0.2, 0.25) is 0 Å². The minimum absolute atomic E-state index is 0.0139. The maximum absolute atomic E-state index is 11.8. The second-order valence-electron chi connectivity index (χ2n) is 5.74. The molecule has 23 heavy (non-hydrogen) atoms. The highest BCUT2D eigenvalue weighted by Gasteiger charge is 2.11. The maximum atomic E-state index is 11.8. The molecule has 0 aliphatic heterocycles. The van der Waals surface area contributed by atoms with Crippen molar-refractivity contribution in [2.24, 2.45) is 0 Å². The third kappa shape index (κ3) is 5.23. The SMILES string of the molecule is CC(CCCO)NC(=O)NCC(O)c1ccc2ccccc2c1. The number of carbonyl (C=O) groups is 1. The second-order valence-corrected chi connectivity index (χ2v) is 5.74. The minimum atomic E-state index is -0.752. The summed E-state index contributed by atoms with van der Waals surface area (Å²) in [7, 11) is 0. The lowest BCUT2D eigenvalue weighted by Crippen LogP contribution is -2.42. The summed E-state index contributed by atoms with van der Waals surface area (Å²) < 4.78 is 0. The van der Waals surface area contributed by atoms with Crippen LogP contribution < -0.4 is 10.6 Å². The van der Waals surface area contributed by atoms with Gasteiger partial charge in [0.15, 0.2) is 0 Å². The van der Waals surface area contributed by atoms with Crippen molar-refractivity contribution in [2.75, 3.05) is 13.2 Å². The predicted octanol–water partition coefficient (Wildman–Crippen LogP) is 2.33. The molecule has 2 aromatic carbocycles. The molecule has 0 aliphatic rings. The van der Waals surface area contributed by atoms with Gasteiger partial charge in [-0.05, 0) is 42.2 Å². The van der Waals surface area contributed by atoms with Crippen LogP contribution in [0.15, 0.2) is 42.5 Å². The topological polar surface area (TPSA) is 81.6 Å². The van der Waals surface area contributed by atoms with Crippen molar-refractivity contribution in [1.29, 1.82) is 0 Å². The molecule has 4 N–H and O–H groups in total. The molecule has 5 nitrogen and oxygen atoms in total. The molecule has 0 fully saturated rings. The van der Waals surface area contributed by atoms with E-state index in [0.29, 0.717) is 6.42 Å². The summed E-state index contributed by atoms with van der Waals surface area (Å²) in [6.07, 6.45) is 0.622. The summed E-state index contributed by atoms with van der Waals surface area (Å²) in [5, 5.41) is 26.6. The fourth-order valence-electron chi connectivity index (χ4n) is 2.47. The summed E-state index contributed by atoms with van der Waals surface area (Å²) >= 11 is 0. The van der Waals surface area contributed by atoms with Crippen LogP contribution in [0.3, 0.4) is 0 Å². The number of benzene rings is 2.